The first-order chi connectivity index (χ1) is 11.8. The van der Waals surface area contributed by atoms with Gasteiger partial charge in [0.1, 0.15) is 0 Å². The number of likely N-dealkylation sites (N-methyl/N-ethyl adjacent to an activating group) is 1. The lowest BCUT2D eigenvalue weighted by atomic mass is 9.46. The maximum absolute atomic E-state index is 11.2. The van der Waals surface area contributed by atoms with Crippen LogP contribution in [0.15, 0.2) is 22.9 Å². The highest BCUT2D eigenvalue weighted by Gasteiger charge is 2.61. The van der Waals surface area contributed by atoms with Crippen molar-refractivity contribution in [2.45, 2.75) is 64.6 Å². The number of allylic oxidation sites excluding steroid dienone is 2. The zero-order valence-electron chi connectivity index (χ0n) is 15.9. The van der Waals surface area contributed by atoms with Gasteiger partial charge in [-0.1, -0.05) is 19.4 Å². The lowest BCUT2D eigenvalue weighted by Crippen LogP contribution is -2.57. The molecule has 0 radical (unpaired) electrons. The number of nitrogens with two attached hydrogens (primary N) is 1. The standard InChI is InChI=1S/C21H34N2O2/c1-20-9-12(11-23-3)16(22)8-13(20)4-5-14-15-6-7-18(25)21(15,2)10-17(24)19(14)20/h8,14-15,17-19,23-25H,4-7,9-11,22H2,1-3H3/t14-,15?,17?,18+,19?,20-,21-/m0/s1. The van der Waals surface area contributed by atoms with Crippen LogP contribution in [0.1, 0.15) is 52.4 Å². The maximum atomic E-state index is 11.2. The van der Waals surface area contributed by atoms with E-state index in [0.29, 0.717) is 11.8 Å². The van der Waals surface area contributed by atoms with Crippen molar-refractivity contribution >= 4 is 0 Å². The largest absolute Gasteiger partial charge is 0.399 e. The van der Waals surface area contributed by atoms with Crippen LogP contribution < -0.4 is 11.1 Å². The van der Waals surface area contributed by atoms with Gasteiger partial charge in [-0.05, 0) is 85.8 Å². The zero-order chi connectivity index (χ0) is 18.0. The SMILES string of the molecule is CNCC1=C(N)C=C2CC[C@@H]3C(C(O)C[C@@]4(C)C3CC[C@H]4O)[C@@]2(C)C1. The molecule has 25 heavy (non-hydrogen) atoms. The predicted octanol–water partition coefficient (Wildman–Crippen LogP) is 2.32. The van der Waals surface area contributed by atoms with E-state index in [2.05, 4.69) is 25.2 Å². The van der Waals surface area contributed by atoms with Crippen LogP contribution >= 0.6 is 0 Å². The number of aliphatic hydroxyl groups is 2. The Morgan fingerprint density at radius 2 is 2.00 bits per heavy atom. The molecule has 0 aromatic carbocycles. The van der Waals surface area contributed by atoms with E-state index in [-0.39, 0.29) is 29.0 Å². The molecule has 0 aliphatic heterocycles. The summed E-state index contributed by atoms with van der Waals surface area (Å²) in [5.41, 5.74) is 9.87. The van der Waals surface area contributed by atoms with Gasteiger partial charge in [-0.3, -0.25) is 0 Å². The van der Waals surface area contributed by atoms with E-state index in [1.165, 1.54) is 11.1 Å². The molecular formula is C21H34N2O2. The summed E-state index contributed by atoms with van der Waals surface area (Å²) in [7, 11) is 1.96. The summed E-state index contributed by atoms with van der Waals surface area (Å²) in [4.78, 5) is 0. The van der Waals surface area contributed by atoms with E-state index in [9.17, 15) is 10.2 Å². The van der Waals surface area contributed by atoms with Crippen molar-refractivity contribution < 1.29 is 10.2 Å². The van der Waals surface area contributed by atoms with Gasteiger partial charge in [-0.25, -0.2) is 0 Å². The van der Waals surface area contributed by atoms with Gasteiger partial charge in [-0.2, -0.15) is 0 Å². The van der Waals surface area contributed by atoms with Crippen LogP contribution in [-0.2, 0) is 0 Å². The molecule has 0 amide bonds. The summed E-state index contributed by atoms with van der Waals surface area (Å²) in [6.45, 7) is 5.39. The molecule has 4 heteroatoms. The molecule has 3 saturated carbocycles. The second kappa shape index (κ2) is 5.83. The summed E-state index contributed by atoms with van der Waals surface area (Å²) in [6.07, 6.45) is 7.54. The molecule has 0 aromatic heterocycles. The molecule has 0 heterocycles. The van der Waals surface area contributed by atoms with Gasteiger partial charge >= 0.3 is 0 Å². The average molecular weight is 347 g/mol. The van der Waals surface area contributed by atoms with Crippen molar-refractivity contribution in [1.29, 1.82) is 0 Å². The fraction of sp³-hybridized carbons (Fsp3) is 0.810. The quantitative estimate of drug-likeness (QED) is 0.619. The van der Waals surface area contributed by atoms with E-state index in [4.69, 9.17) is 5.73 Å². The highest BCUT2D eigenvalue weighted by Crippen LogP contribution is 2.65. The van der Waals surface area contributed by atoms with Crippen LogP contribution in [0.2, 0.25) is 0 Å². The number of hydrogen-bond donors (Lipinski definition) is 4. The molecule has 0 aromatic rings. The monoisotopic (exact) mass is 346 g/mol. The molecule has 4 nitrogen and oxygen atoms in total. The Bertz CT molecular complexity index is 627. The van der Waals surface area contributed by atoms with E-state index < -0.39 is 0 Å². The second-order valence-corrected chi connectivity index (χ2v) is 9.56. The molecule has 0 bridgehead atoms. The molecule has 0 spiro atoms. The van der Waals surface area contributed by atoms with Crippen molar-refractivity contribution in [3.8, 4) is 0 Å². The summed E-state index contributed by atoms with van der Waals surface area (Å²) in [5, 5.41) is 25.0. The van der Waals surface area contributed by atoms with Gasteiger partial charge in [-0.15, -0.1) is 0 Å². The van der Waals surface area contributed by atoms with Gasteiger partial charge < -0.3 is 21.3 Å². The Labute approximate surface area is 151 Å². The smallest absolute Gasteiger partial charge is 0.0597 e. The minimum atomic E-state index is -0.331. The first kappa shape index (κ1) is 17.6. The number of nitrogens with one attached hydrogen (secondary N) is 1. The van der Waals surface area contributed by atoms with Crippen molar-refractivity contribution in [1.82, 2.24) is 5.32 Å². The molecular weight excluding hydrogens is 312 g/mol. The number of fused-ring (bicyclic) bond motifs is 5. The topological polar surface area (TPSA) is 78.5 Å². The molecule has 3 unspecified atom stereocenters. The van der Waals surface area contributed by atoms with Crippen LogP contribution in [-0.4, -0.2) is 36.0 Å². The fourth-order valence-electron chi connectivity index (χ4n) is 7.13. The van der Waals surface area contributed by atoms with Crippen LogP contribution in [0, 0.1) is 28.6 Å². The molecule has 140 valence electrons. The predicted molar refractivity (Wildman–Crippen MR) is 99.6 cm³/mol. The van der Waals surface area contributed by atoms with Crippen LogP contribution in [0.5, 0.6) is 0 Å². The third-order valence-corrected chi connectivity index (χ3v) is 8.33. The van der Waals surface area contributed by atoms with Crippen LogP contribution in [0.4, 0.5) is 0 Å². The van der Waals surface area contributed by atoms with E-state index >= 15 is 0 Å². The van der Waals surface area contributed by atoms with Gasteiger partial charge in [0, 0.05) is 12.2 Å². The Hall–Kier alpha value is -0.840. The highest BCUT2D eigenvalue weighted by atomic mass is 16.3. The number of aliphatic hydroxyl groups excluding tert-OH is 2. The third kappa shape index (κ3) is 2.37. The minimum absolute atomic E-state index is 0.00621. The van der Waals surface area contributed by atoms with Crippen LogP contribution in [0.25, 0.3) is 0 Å². The first-order valence-electron chi connectivity index (χ1n) is 10.0. The van der Waals surface area contributed by atoms with Crippen molar-refractivity contribution in [2.75, 3.05) is 13.6 Å². The van der Waals surface area contributed by atoms with Crippen LogP contribution in [0.3, 0.4) is 0 Å². The van der Waals surface area contributed by atoms with Crippen molar-refractivity contribution in [2.24, 2.45) is 34.3 Å². The summed E-state index contributed by atoms with van der Waals surface area (Å²) >= 11 is 0. The lowest BCUT2D eigenvalue weighted by Gasteiger charge is -2.59. The molecule has 4 aliphatic rings. The van der Waals surface area contributed by atoms with Gasteiger partial charge in [0.05, 0.1) is 12.2 Å². The molecule has 4 rings (SSSR count). The molecule has 3 fully saturated rings. The Kier molecular flexibility index (Phi) is 4.10. The van der Waals surface area contributed by atoms with E-state index in [1.807, 2.05) is 7.05 Å². The molecule has 0 saturated heterocycles. The fourth-order valence-corrected chi connectivity index (χ4v) is 7.13. The number of rotatable bonds is 2. The average Bonchev–Trinajstić information content (AvgIpc) is 2.83. The number of hydrogen-bond acceptors (Lipinski definition) is 4. The van der Waals surface area contributed by atoms with Gasteiger partial charge in [0.15, 0.2) is 0 Å². The van der Waals surface area contributed by atoms with Gasteiger partial charge in [0.2, 0.25) is 0 Å². The van der Waals surface area contributed by atoms with Gasteiger partial charge in [0.25, 0.3) is 0 Å². The zero-order valence-corrected chi connectivity index (χ0v) is 15.9. The van der Waals surface area contributed by atoms with Crippen molar-refractivity contribution in [3.63, 3.8) is 0 Å². The lowest BCUT2D eigenvalue weighted by molar-refractivity contribution is -0.137. The first-order valence-corrected chi connectivity index (χ1v) is 10.0. The molecule has 7 atom stereocenters. The summed E-state index contributed by atoms with van der Waals surface area (Å²) < 4.78 is 0. The minimum Gasteiger partial charge on any atom is -0.399 e. The Morgan fingerprint density at radius 3 is 2.72 bits per heavy atom. The van der Waals surface area contributed by atoms with E-state index in [1.54, 1.807) is 0 Å². The normalized spacial score (nSPS) is 49.3. The highest BCUT2D eigenvalue weighted by molar-refractivity contribution is 5.39. The summed E-state index contributed by atoms with van der Waals surface area (Å²) in [5.74, 6) is 1.35. The second-order valence-electron chi connectivity index (χ2n) is 9.56. The summed E-state index contributed by atoms with van der Waals surface area (Å²) in [6, 6.07) is 0. The molecule has 4 aliphatic carbocycles. The maximum Gasteiger partial charge on any atom is 0.0597 e. The van der Waals surface area contributed by atoms with E-state index in [0.717, 1.165) is 50.8 Å². The Balaban J connectivity index is 1.71. The van der Waals surface area contributed by atoms with Crippen molar-refractivity contribution in [3.05, 3.63) is 22.9 Å². The third-order valence-electron chi connectivity index (χ3n) is 8.33. The Morgan fingerprint density at radius 1 is 1.24 bits per heavy atom. The molecule has 5 N–H and O–H groups in total.